The van der Waals surface area contributed by atoms with Crippen LogP contribution in [0.2, 0.25) is 0 Å². The number of anilines is 1. The van der Waals surface area contributed by atoms with Gasteiger partial charge in [0.15, 0.2) is 0 Å². The number of carbonyl (C=O) groups is 3. The van der Waals surface area contributed by atoms with E-state index in [-0.39, 0.29) is 21.9 Å². The van der Waals surface area contributed by atoms with Crippen LogP contribution in [0, 0.1) is 11.3 Å². The van der Waals surface area contributed by atoms with Crippen LogP contribution in [0.25, 0.3) is 6.08 Å². The first-order valence-corrected chi connectivity index (χ1v) is 9.86. The molecule has 0 aliphatic rings. The molecule has 0 radical (unpaired) electrons. The summed E-state index contributed by atoms with van der Waals surface area (Å²) in [6.45, 7) is 0. The fourth-order valence-electron chi connectivity index (χ4n) is 2.57. The van der Waals surface area contributed by atoms with E-state index < -0.39 is 17.8 Å². The van der Waals surface area contributed by atoms with Crippen molar-refractivity contribution in [2.45, 2.75) is 0 Å². The number of nitrogens with one attached hydrogen (secondary N) is 1. The monoisotopic (exact) mass is 432 g/mol. The van der Waals surface area contributed by atoms with Gasteiger partial charge in [-0.3, -0.25) is 4.79 Å². The Balaban J connectivity index is 1.77. The number of esters is 2. The highest BCUT2D eigenvalue weighted by atomic mass is 32.1. The lowest BCUT2D eigenvalue weighted by Crippen LogP contribution is -2.15. The number of nitrogens with zero attached hydrogens (tertiary/aromatic N) is 1. The molecule has 0 aliphatic heterocycles. The Morgan fingerprint density at radius 3 is 2.52 bits per heavy atom. The van der Waals surface area contributed by atoms with Gasteiger partial charge in [-0.15, -0.1) is 11.3 Å². The number of hydrogen-bond acceptors (Lipinski definition) is 7. The van der Waals surface area contributed by atoms with Gasteiger partial charge in [0.05, 0.1) is 18.2 Å². The number of hydrogen-bond donors (Lipinski definition) is 1. The zero-order valence-corrected chi connectivity index (χ0v) is 17.1. The third-order valence-electron chi connectivity index (χ3n) is 4.05. The molecule has 0 spiro atoms. The number of nitriles is 1. The molecule has 0 saturated carbocycles. The van der Waals surface area contributed by atoms with Crippen molar-refractivity contribution in [3.8, 4) is 11.8 Å². The minimum absolute atomic E-state index is 0.184. The largest absolute Gasteiger partial charge is 0.465 e. The molecular weight excluding hydrogens is 416 g/mol. The minimum atomic E-state index is -0.679. The van der Waals surface area contributed by atoms with Crippen LogP contribution >= 0.6 is 11.3 Å². The van der Waals surface area contributed by atoms with Crippen LogP contribution < -0.4 is 10.1 Å². The van der Waals surface area contributed by atoms with Gasteiger partial charge in [0.1, 0.15) is 22.4 Å². The normalized spacial score (nSPS) is 10.6. The Morgan fingerprint density at radius 1 is 1.03 bits per heavy atom. The van der Waals surface area contributed by atoms with Crippen LogP contribution in [0.4, 0.5) is 5.00 Å². The summed E-state index contributed by atoms with van der Waals surface area (Å²) in [5, 5.41) is 13.9. The summed E-state index contributed by atoms with van der Waals surface area (Å²) in [6.07, 6.45) is 1.36. The fraction of sp³-hybridized carbons (Fsp3) is 0.0435. The van der Waals surface area contributed by atoms with Gasteiger partial charge in [-0.1, -0.05) is 30.3 Å². The van der Waals surface area contributed by atoms with Crippen LogP contribution in [0.15, 0.2) is 71.6 Å². The fourth-order valence-corrected chi connectivity index (χ4v) is 3.34. The maximum Gasteiger partial charge on any atom is 0.343 e. The highest BCUT2D eigenvalue weighted by molar-refractivity contribution is 7.14. The highest BCUT2D eigenvalue weighted by Crippen LogP contribution is 2.25. The van der Waals surface area contributed by atoms with Crippen molar-refractivity contribution in [3.05, 3.63) is 88.3 Å². The van der Waals surface area contributed by atoms with Gasteiger partial charge in [0.25, 0.3) is 5.91 Å². The van der Waals surface area contributed by atoms with Crippen LogP contribution in [0.3, 0.4) is 0 Å². The number of benzene rings is 2. The maximum atomic E-state index is 12.5. The second-order valence-corrected chi connectivity index (χ2v) is 7.02. The average molecular weight is 432 g/mol. The van der Waals surface area contributed by atoms with E-state index in [2.05, 4.69) is 10.1 Å². The summed E-state index contributed by atoms with van der Waals surface area (Å²) in [5.41, 5.74) is 0.908. The molecule has 1 amide bonds. The number of thiophene rings is 1. The first kappa shape index (κ1) is 21.5. The molecule has 0 unspecified atom stereocenters. The van der Waals surface area contributed by atoms with Crippen molar-refractivity contribution in [1.29, 1.82) is 5.26 Å². The lowest BCUT2D eigenvalue weighted by molar-refractivity contribution is -0.112. The molecule has 1 heterocycles. The molecule has 0 atom stereocenters. The number of methoxy groups -OCH3 is 1. The lowest BCUT2D eigenvalue weighted by atomic mass is 10.1. The maximum absolute atomic E-state index is 12.5. The molecule has 0 aliphatic carbocycles. The van der Waals surface area contributed by atoms with Gasteiger partial charge in [0.2, 0.25) is 0 Å². The van der Waals surface area contributed by atoms with Crippen LogP contribution in [0.1, 0.15) is 26.3 Å². The summed E-state index contributed by atoms with van der Waals surface area (Å²) in [7, 11) is 1.24. The van der Waals surface area contributed by atoms with Gasteiger partial charge in [-0.2, -0.15) is 5.26 Å². The number of rotatable bonds is 6. The third-order valence-corrected chi connectivity index (χ3v) is 4.88. The summed E-state index contributed by atoms with van der Waals surface area (Å²) in [6, 6.07) is 18.3. The summed E-state index contributed by atoms with van der Waals surface area (Å²) in [4.78, 5) is 36.5. The molecule has 8 heteroatoms. The van der Waals surface area contributed by atoms with Gasteiger partial charge in [-0.05, 0) is 47.4 Å². The van der Waals surface area contributed by atoms with Crippen molar-refractivity contribution in [3.63, 3.8) is 0 Å². The van der Waals surface area contributed by atoms with Crippen molar-refractivity contribution in [2.75, 3.05) is 12.4 Å². The van der Waals surface area contributed by atoms with Gasteiger partial charge >= 0.3 is 11.9 Å². The first-order chi connectivity index (χ1) is 15.0. The Morgan fingerprint density at radius 2 is 1.81 bits per heavy atom. The Labute approximate surface area is 182 Å². The van der Waals surface area contributed by atoms with Crippen molar-refractivity contribution >= 4 is 40.3 Å². The minimum Gasteiger partial charge on any atom is -0.465 e. The van der Waals surface area contributed by atoms with Gasteiger partial charge < -0.3 is 14.8 Å². The van der Waals surface area contributed by atoms with E-state index in [4.69, 9.17) is 4.74 Å². The van der Waals surface area contributed by atoms with E-state index in [9.17, 15) is 19.6 Å². The van der Waals surface area contributed by atoms with E-state index in [0.717, 1.165) is 11.3 Å². The number of carbonyl (C=O) groups excluding carboxylic acids is 3. The van der Waals surface area contributed by atoms with Gasteiger partial charge in [-0.25, -0.2) is 9.59 Å². The summed E-state index contributed by atoms with van der Waals surface area (Å²) >= 11 is 1.14. The molecule has 0 saturated heterocycles. The van der Waals surface area contributed by atoms with Crippen molar-refractivity contribution < 1.29 is 23.9 Å². The van der Waals surface area contributed by atoms with Crippen molar-refractivity contribution in [1.82, 2.24) is 0 Å². The van der Waals surface area contributed by atoms with Crippen LogP contribution in [0.5, 0.6) is 5.75 Å². The van der Waals surface area contributed by atoms with E-state index in [1.54, 1.807) is 53.9 Å². The number of amides is 1. The molecule has 2 aromatic carbocycles. The zero-order chi connectivity index (χ0) is 22.2. The van der Waals surface area contributed by atoms with E-state index >= 15 is 0 Å². The predicted octanol–water partition coefficient (Wildman–Crippen LogP) is 4.30. The molecular formula is C23H16N2O5S. The van der Waals surface area contributed by atoms with E-state index in [0.29, 0.717) is 11.1 Å². The van der Waals surface area contributed by atoms with Crippen molar-refractivity contribution in [2.24, 2.45) is 0 Å². The van der Waals surface area contributed by atoms with E-state index in [1.807, 2.05) is 6.07 Å². The summed E-state index contributed by atoms with van der Waals surface area (Å²) < 4.78 is 10.0. The quantitative estimate of drug-likeness (QED) is 0.269. The molecule has 3 rings (SSSR count). The van der Waals surface area contributed by atoms with Crippen LogP contribution in [-0.2, 0) is 9.53 Å². The SMILES string of the molecule is COC(=O)c1ccsc1NC(=O)/C(C#N)=C/c1cccc(OC(=O)c2ccccc2)c1. The molecule has 3 aromatic rings. The van der Waals surface area contributed by atoms with Gasteiger partial charge in [0, 0.05) is 0 Å². The molecule has 1 aromatic heterocycles. The number of ether oxygens (including phenoxy) is 2. The standard InChI is InChI=1S/C23H16N2O5S/c1-29-23(28)19-10-11-31-21(19)25-20(26)17(14-24)12-15-6-5-9-18(13-15)30-22(27)16-7-3-2-4-8-16/h2-13H,1H3,(H,25,26)/b17-12+. The zero-order valence-electron chi connectivity index (χ0n) is 16.3. The molecule has 1 N–H and O–H groups in total. The molecule has 7 nitrogen and oxygen atoms in total. The predicted molar refractivity (Wildman–Crippen MR) is 116 cm³/mol. The average Bonchev–Trinajstić information content (AvgIpc) is 3.25. The second-order valence-electron chi connectivity index (χ2n) is 6.11. The lowest BCUT2D eigenvalue weighted by Gasteiger charge is -2.06. The van der Waals surface area contributed by atoms with E-state index in [1.165, 1.54) is 25.3 Å². The topological polar surface area (TPSA) is 105 Å². The molecule has 154 valence electrons. The highest BCUT2D eigenvalue weighted by Gasteiger charge is 2.17. The Hall–Kier alpha value is -4.22. The molecule has 0 bridgehead atoms. The first-order valence-electron chi connectivity index (χ1n) is 8.98. The Bertz CT molecular complexity index is 1190. The summed E-state index contributed by atoms with van der Waals surface area (Å²) in [5.74, 6) is -1.52. The van der Waals surface area contributed by atoms with Crippen LogP contribution in [-0.4, -0.2) is 25.0 Å². The Kier molecular flexibility index (Phi) is 6.93. The molecule has 31 heavy (non-hydrogen) atoms. The molecule has 0 fully saturated rings. The third kappa shape index (κ3) is 5.44. The smallest absolute Gasteiger partial charge is 0.343 e. The second kappa shape index (κ2) is 10.0.